The number of hydrogen-bond donors (Lipinski definition) is 0. The van der Waals surface area contributed by atoms with Gasteiger partial charge in [0.05, 0.1) is 13.5 Å². The minimum atomic E-state index is -0.0669. The van der Waals surface area contributed by atoms with Crippen LogP contribution >= 0.6 is 0 Å². The number of likely N-dealkylation sites (tertiary alicyclic amines) is 1. The summed E-state index contributed by atoms with van der Waals surface area (Å²) in [5.41, 5.74) is 0. The fraction of sp³-hybridized carbons (Fsp3) is 0.923. The molecule has 1 aliphatic heterocycles. The van der Waals surface area contributed by atoms with Gasteiger partial charge in [0.15, 0.2) is 0 Å². The smallest absolute Gasteiger partial charge is 0.307 e. The van der Waals surface area contributed by atoms with Crippen LogP contribution in [0.15, 0.2) is 0 Å². The van der Waals surface area contributed by atoms with E-state index in [-0.39, 0.29) is 5.97 Å². The Labute approximate surface area is 99.1 Å². The van der Waals surface area contributed by atoms with Crippen LogP contribution in [-0.2, 0) is 9.53 Å². The molecule has 1 heterocycles. The van der Waals surface area contributed by atoms with Crippen LogP contribution in [-0.4, -0.2) is 37.1 Å². The predicted molar refractivity (Wildman–Crippen MR) is 65.4 cm³/mol. The summed E-state index contributed by atoms with van der Waals surface area (Å²) in [6, 6.07) is 0.399. The third kappa shape index (κ3) is 4.52. The quantitative estimate of drug-likeness (QED) is 0.676. The summed E-state index contributed by atoms with van der Waals surface area (Å²) < 4.78 is 4.78. The third-order valence-electron chi connectivity index (χ3n) is 3.41. The molecule has 94 valence electrons. The Morgan fingerprint density at radius 1 is 1.25 bits per heavy atom. The highest BCUT2D eigenvalue weighted by Gasteiger charge is 2.21. The minimum Gasteiger partial charge on any atom is -0.469 e. The predicted octanol–water partition coefficient (Wildman–Crippen LogP) is 2.59. The molecule has 0 aromatic carbocycles. The lowest BCUT2D eigenvalue weighted by atomic mass is 10.1. The number of ether oxygens (including phenoxy) is 1. The van der Waals surface area contributed by atoms with Gasteiger partial charge in [0, 0.05) is 6.04 Å². The molecule has 1 atom stereocenters. The Bertz CT molecular complexity index is 198. The van der Waals surface area contributed by atoms with E-state index in [2.05, 4.69) is 11.8 Å². The molecule has 1 fully saturated rings. The van der Waals surface area contributed by atoms with E-state index in [9.17, 15) is 4.79 Å². The van der Waals surface area contributed by atoms with E-state index in [0.717, 1.165) is 25.9 Å². The fourth-order valence-electron chi connectivity index (χ4n) is 2.48. The lowest BCUT2D eigenvalue weighted by Gasteiger charge is -2.29. The second kappa shape index (κ2) is 7.66. The Kier molecular flexibility index (Phi) is 6.46. The first-order chi connectivity index (χ1) is 7.77. The van der Waals surface area contributed by atoms with Gasteiger partial charge in [0.2, 0.25) is 0 Å². The number of methoxy groups -OCH3 is 1. The molecule has 1 rings (SSSR count). The zero-order chi connectivity index (χ0) is 11.8. The van der Waals surface area contributed by atoms with Gasteiger partial charge in [-0.25, -0.2) is 0 Å². The second-order valence-electron chi connectivity index (χ2n) is 4.67. The van der Waals surface area contributed by atoms with Gasteiger partial charge in [0.25, 0.3) is 0 Å². The van der Waals surface area contributed by atoms with Crippen molar-refractivity contribution in [1.29, 1.82) is 0 Å². The van der Waals surface area contributed by atoms with Crippen molar-refractivity contribution in [1.82, 2.24) is 4.90 Å². The van der Waals surface area contributed by atoms with Crippen LogP contribution in [0.4, 0.5) is 0 Å². The van der Waals surface area contributed by atoms with Crippen molar-refractivity contribution in [3.8, 4) is 0 Å². The summed E-state index contributed by atoms with van der Waals surface area (Å²) in [6.45, 7) is 4.49. The van der Waals surface area contributed by atoms with Gasteiger partial charge >= 0.3 is 5.97 Å². The van der Waals surface area contributed by atoms with E-state index in [1.165, 1.54) is 32.8 Å². The molecule has 1 saturated heterocycles. The van der Waals surface area contributed by atoms with Crippen LogP contribution in [0.5, 0.6) is 0 Å². The Morgan fingerprint density at radius 2 is 1.88 bits per heavy atom. The van der Waals surface area contributed by atoms with Crippen molar-refractivity contribution in [3.63, 3.8) is 0 Å². The van der Waals surface area contributed by atoms with E-state index >= 15 is 0 Å². The number of carbonyl (C=O) groups excluding carboxylic acids is 1. The van der Waals surface area contributed by atoms with Crippen LogP contribution in [0.3, 0.4) is 0 Å². The van der Waals surface area contributed by atoms with Gasteiger partial charge < -0.3 is 4.74 Å². The second-order valence-corrected chi connectivity index (χ2v) is 4.67. The van der Waals surface area contributed by atoms with Crippen molar-refractivity contribution in [2.75, 3.05) is 20.2 Å². The van der Waals surface area contributed by atoms with Crippen molar-refractivity contribution < 1.29 is 9.53 Å². The normalized spacial score (nSPS) is 20.1. The Morgan fingerprint density at radius 3 is 2.38 bits per heavy atom. The molecule has 3 heteroatoms. The number of esters is 1. The number of nitrogens with zero attached hydrogens (tertiary/aromatic N) is 1. The Balaban J connectivity index is 2.48. The van der Waals surface area contributed by atoms with Crippen LogP contribution in [0, 0.1) is 0 Å². The van der Waals surface area contributed by atoms with Crippen LogP contribution < -0.4 is 0 Å². The average molecular weight is 227 g/mol. The summed E-state index contributed by atoms with van der Waals surface area (Å²) in [7, 11) is 1.48. The lowest BCUT2D eigenvalue weighted by Crippen LogP contribution is -2.37. The summed E-state index contributed by atoms with van der Waals surface area (Å²) in [5.74, 6) is -0.0669. The molecule has 0 aromatic heterocycles. The van der Waals surface area contributed by atoms with Crippen molar-refractivity contribution in [2.24, 2.45) is 0 Å². The first-order valence-corrected chi connectivity index (χ1v) is 6.58. The largest absolute Gasteiger partial charge is 0.469 e. The molecule has 3 nitrogen and oxygen atoms in total. The zero-order valence-corrected chi connectivity index (χ0v) is 10.7. The molecular formula is C13H25NO2. The standard InChI is InChI=1S/C13H25NO2/c1-3-8-12(11-13(15)16-2)14-9-6-4-5-7-10-14/h12H,3-11H2,1-2H3. The number of hydrogen-bond acceptors (Lipinski definition) is 3. The molecule has 0 N–H and O–H groups in total. The van der Waals surface area contributed by atoms with Crippen molar-refractivity contribution in [3.05, 3.63) is 0 Å². The molecular weight excluding hydrogens is 202 g/mol. The SMILES string of the molecule is CCCC(CC(=O)OC)N1CCCCCC1. The van der Waals surface area contributed by atoms with Gasteiger partial charge in [0.1, 0.15) is 0 Å². The molecule has 1 unspecified atom stereocenters. The maximum absolute atomic E-state index is 11.4. The topological polar surface area (TPSA) is 29.5 Å². The van der Waals surface area contributed by atoms with E-state index < -0.39 is 0 Å². The molecule has 0 radical (unpaired) electrons. The Hall–Kier alpha value is -0.570. The first kappa shape index (κ1) is 13.5. The molecule has 0 saturated carbocycles. The molecule has 16 heavy (non-hydrogen) atoms. The van der Waals surface area contributed by atoms with Crippen molar-refractivity contribution in [2.45, 2.75) is 57.9 Å². The van der Waals surface area contributed by atoms with Gasteiger partial charge in [-0.05, 0) is 32.4 Å². The lowest BCUT2D eigenvalue weighted by molar-refractivity contribution is -0.142. The summed E-state index contributed by atoms with van der Waals surface area (Å²) in [6.07, 6.45) is 8.04. The zero-order valence-electron chi connectivity index (χ0n) is 10.7. The van der Waals surface area contributed by atoms with Crippen molar-refractivity contribution >= 4 is 5.97 Å². The summed E-state index contributed by atoms with van der Waals surface area (Å²) in [5, 5.41) is 0. The minimum absolute atomic E-state index is 0.0669. The molecule has 0 bridgehead atoms. The summed E-state index contributed by atoms with van der Waals surface area (Å²) >= 11 is 0. The molecule has 0 spiro atoms. The highest BCUT2D eigenvalue weighted by molar-refractivity contribution is 5.69. The molecule has 1 aliphatic rings. The van der Waals surface area contributed by atoms with E-state index in [0.29, 0.717) is 12.5 Å². The van der Waals surface area contributed by atoms with E-state index in [4.69, 9.17) is 4.74 Å². The van der Waals surface area contributed by atoms with E-state index in [1.54, 1.807) is 0 Å². The maximum Gasteiger partial charge on any atom is 0.307 e. The van der Waals surface area contributed by atoms with Crippen LogP contribution in [0.25, 0.3) is 0 Å². The third-order valence-corrected chi connectivity index (χ3v) is 3.41. The summed E-state index contributed by atoms with van der Waals surface area (Å²) in [4.78, 5) is 13.9. The highest BCUT2D eigenvalue weighted by atomic mass is 16.5. The molecule has 0 amide bonds. The molecule has 0 aromatic rings. The van der Waals surface area contributed by atoms with E-state index in [1.807, 2.05) is 0 Å². The van der Waals surface area contributed by atoms with Gasteiger partial charge in [-0.1, -0.05) is 26.2 Å². The highest BCUT2D eigenvalue weighted by Crippen LogP contribution is 2.18. The maximum atomic E-state index is 11.4. The van der Waals surface area contributed by atoms with Crippen LogP contribution in [0.2, 0.25) is 0 Å². The first-order valence-electron chi connectivity index (χ1n) is 6.58. The van der Waals surface area contributed by atoms with Gasteiger partial charge in [-0.2, -0.15) is 0 Å². The average Bonchev–Trinajstić information content (AvgIpc) is 2.56. The fourth-order valence-corrected chi connectivity index (χ4v) is 2.48. The molecule has 0 aliphatic carbocycles. The number of rotatable bonds is 5. The van der Waals surface area contributed by atoms with Gasteiger partial charge in [-0.15, -0.1) is 0 Å². The van der Waals surface area contributed by atoms with Crippen LogP contribution in [0.1, 0.15) is 51.9 Å². The number of carbonyl (C=O) groups is 1. The van der Waals surface area contributed by atoms with Gasteiger partial charge in [-0.3, -0.25) is 9.69 Å². The monoisotopic (exact) mass is 227 g/mol.